The molecule has 1 heterocycles. The second kappa shape index (κ2) is 7.35. The first-order valence-electron chi connectivity index (χ1n) is 8.72. The van der Waals surface area contributed by atoms with Crippen LogP contribution in [0.15, 0.2) is 76.4 Å². The van der Waals surface area contributed by atoms with E-state index >= 15 is 0 Å². The zero-order valence-electron chi connectivity index (χ0n) is 15.3. The molecule has 0 unspecified atom stereocenters. The maximum absolute atomic E-state index is 12.8. The molecule has 0 fully saturated rings. The summed E-state index contributed by atoms with van der Waals surface area (Å²) in [7, 11) is -3.86. The summed E-state index contributed by atoms with van der Waals surface area (Å²) in [5, 5.41) is 0.354. The molecule has 0 aliphatic heterocycles. The van der Waals surface area contributed by atoms with Gasteiger partial charge in [0, 0.05) is 10.6 Å². The van der Waals surface area contributed by atoms with E-state index in [9.17, 15) is 13.2 Å². The summed E-state index contributed by atoms with van der Waals surface area (Å²) in [6.45, 7) is 1.87. The van der Waals surface area contributed by atoms with Gasteiger partial charge < -0.3 is 4.98 Å². The lowest BCUT2D eigenvalue weighted by Gasteiger charge is -2.13. The smallest absolute Gasteiger partial charge is 0.275 e. The molecular formula is C21H16ClN3O3S. The molecule has 0 atom stereocenters. The third-order valence-corrected chi connectivity index (χ3v) is 6.03. The summed E-state index contributed by atoms with van der Waals surface area (Å²) in [6, 6.07) is 18.1. The van der Waals surface area contributed by atoms with Crippen molar-refractivity contribution < 1.29 is 8.42 Å². The van der Waals surface area contributed by atoms with Crippen LogP contribution in [-0.2, 0) is 10.0 Å². The van der Waals surface area contributed by atoms with Crippen molar-refractivity contribution in [2.24, 2.45) is 0 Å². The third kappa shape index (κ3) is 3.87. The summed E-state index contributed by atoms with van der Waals surface area (Å²) in [5.41, 5.74) is 2.25. The standard InChI is InChI=1S/C21H16ClN3O3S/c1-13-6-9-15(10-7-13)29(27,28)25-17-11-8-14(22)12-16(17)20-21(26)24-19-5-3-2-4-18(19)23-20/h2-12,25H,1H3,(H,24,26). The van der Waals surface area contributed by atoms with Crippen molar-refractivity contribution in [3.8, 4) is 11.3 Å². The van der Waals surface area contributed by atoms with Crippen molar-refractivity contribution >= 4 is 38.3 Å². The van der Waals surface area contributed by atoms with E-state index in [0.717, 1.165) is 5.56 Å². The second-order valence-electron chi connectivity index (χ2n) is 6.54. The van der Waals surface area contributed by atoms with Crippen molar-refractivity contribution in [2.45, 2.75) is 11.8 Å². The van der Waals surface area contributed by atoms with Crippen LogP contribution in [0.2, 0.25) is 5.02 Å². The van der Waals surface area contributed by atoms with Crippen LogP contribution in [0.3, 0.4) is 0 Å². The van der Waals surface area contributed by atoms with Gasteiger partial charge >= 0.3 is 0 Å². The molecule has 4 rings (SSSR count). The summed E-state index contributed by atoms with van der Waals surface area (Å²) in [5.74, 6) is 0. The molecule has 0 saturated heterocycles. The Morgan fingerprint density at radius 2 is 1.72 bits per heavy atom. The Bertz CT molecular complexity index is 1380. The Hall–Kier alpha value is -3.16. The number of nitrogens with zero attached hydrogens (tertiary/aromatic N) is 1. The van der Waals surface area contributed by atoms with Crippen molar-refractivity contribution in [3.63, 3.8) is 0 Å². The minimum absolute atomic E-state index is 0.0767. The predicted octanol–water partition coefficient (Wildman–Crippen LogP) is 4.35. The van der Waals surface area contributed by atoms with Gasteiger partial charge in [0.1, 0.15) is 5.69 Å². The van der Waals surface area contributed by atoms with Crippen LogP contribution in [0.25, 0.3) is 22.3 Å². The number of aromatic amines is 1. The van der Waals surface area contributed by atoms with E-state index < -0.39 is 15.6 Å². The van der Waals surface area contributed by atoms with Gasteiger partial charge in [0.05, 0.1) is 21.6 Å². The molecule has 0 spiro atoms. The summed E-state index contributed by atoms with van der Waals surface area (Å²) < 4.78 is 28.2. The number of rotatable bonds is 4. The van der Waals surface area contributed by atoms with Crippen molar-refractivity contribution in [1.82, 2.24) is 9.97 Å². The molecular weight excluding hydrogens is 410 g/mol. The first kappa shape index (κ1) is 19.2. The fourth-order valence-corrected chi connectivity index (χ4v) is 4.19. The highest BCUT2D eigenvalue weighted by atomic mass is 35.5. The SMILES string of the molecule is Cc1ccc(S(=O)(=O)Nc2ccc(Cl)cc2-c2nc3ccccc3[nH]c2=O)cc1. The second-order valence-corrected chi connectivity index (χ2v) is 8.66. The van der Waals surface area contributed by atoms with Crippen LogP contribution >= 0.6 is 11.6 Å². The van der Waals surface area contributed by atoms with Gasteiger partial charge in [-0.25, -0.2) is 13.4 Å². The normalized spacial score (nSPS) is 11.5. The minimum Gasteiger partial charge on any atom is -0.319 e. The largest absolute Gasteiger partial charge is 0.319 e. The van der Waals surface area contributed by atoms with Crippen LogP contribution in [0.5, 0.6) is 0 Å². The zero-order chi connectivity index (χ0) is 20.6. The molecule has 0 aliphatic rings. The maximum atomic E-state index is 12.8. The molecule has 0 aliphatic carbocycles. The number of benzene rings is 3. The minimum atomic E-state index is -3.86. The Balaban J connectivity index is 1.84. The molecule has 29 heavy (non-hydrogen) atoms. The fourth-order valence-electron chi connectivity index (χ4n) is 2.93. The van der Waals surface area contributed by atoms with E-state index in [-0.39, 0.29) is 16.3 Å². The van der Waals surface area contributed by atoms with Crippen LogP contribution in [0, 0.1) is 6.92 Å². The highest BCUT2D eigenvalue weighted by Gasteiger charge is 2.19. The number of para-hydroxylation sites is 2. The number of hydrogen-bond acceptors (Lipinski definition) is 4. The summed E-state index contributed by atoms with van der Waals surface area (Å²) in [4.78, 5) is 19.9. The molecule has 2 N–H and O–H groups in total. The van der Waals surface area contributed by atoms with Gasteiger partial charge in [0.2, 0.25) is 0 Å². The van der Waals surface area contributed by atoms with Crippen LogP contribution in [-0.4, -0.2) is 18.4 Å². The third-order valence-electron chi connectivity index (χ3n) is 4.41. The molecule has 1 aromatic heterocycles. The van der Waals surface area contributed by atoms with E-state index in [1.54, 1.807) is 42.5 Å². The van der Waals surface area contributed by atoms with E-state index in [1.807, 2.05) is 6.92 Å². The Morgan fingerprint density at radius 3 is 2.48 bits per heavy atom. The van der Waals surface area contributed by atoms with E-state index in [0.29, 0.717) is 21.6 Å². The number of halogens is 1. The highest BCUT2D eigenvalue weighted by Crippen LogP contribution is 2.30. The molecule has 3 aromatic carbocycles. The van der Waals surface area contributed by atoms with Gasteiger partial charge in [-0.15, -0.1) is 0 Å². The number of sulfonamides is 1. The lowest BCUT2D eigenvalue weighted by atomic mass is 10.1. The number of fused-ring (bicyclic) bond motifs is 1. The number of hydrogen-bond donors (Lipinski definition) is 2. The predicted molar refractivity (Wildman–Crippen MR) is 115 cm³/mol. The highest BCUT2D eigenvalue weighted by molar-refractivity contribution is 7.92. The van der Waals surface area contributed by atoms with Crippen LogP contribution in [0.4, 0.5) is 5.69 Å². The molecule has 0 saturated carbocycles. The van der Waals surface area contributed by atoms with Gasteiger partial charge in [-0.05, 0) is 49.4 Å². The number of anilines is 1. The molecule has 0 amide bonds. The molecule has 8 heteroatoms. The number of aryl methyl sites for hydroxylation is 1. The van der Waals surface area contributed by atoms with Crippen molar-refractivity contribution in [3.05, 3.63) is 87.7 Å². The molecule has 6 nitrogen and oxygen atoms in total. The number of aromatic nitrogens is 2. The Labute approximate surface area is 172 Å². The van der Waals surface area contributed by atoms with Gasteiger partial charge in [0.25, 0.3) is 15.6 Å². The van der Waals surface area contributed by atoms with Gasteiger partial charge in [-0.1, -0.05) is 41.4 Å². The van der Waals surface area contributed by atoms with Crippen LogP contribution < -0.4 is 10.3 Å². The van der Waals surface area contributed by atoms with Gasteiger partial charge in [0.15, 0.2) is 0 Å². The lowest BCUT2D eigenvalue weighted by Crippen LogP contribution is -2.16. The zero-order valence-corrected chi connectivity index (χ0v) is 16.9. The number of H-pyrrole nitrogens is 1. The summed E-state index contributed by atoms with van der Waals surface area (Å²) >= 11 is 6.13. The van der Waals surface area contributed by atoms with Gasteiger partial charge in [-0.3, -0.25) is 9.52 Å². The Morgan fingerprint density at radius 1 is 1.00 bits per heavy atom. The topological polar surface area (TPSA) is 91.9 Å². The van der Waals surface area contributed by atoms with Crippen LogP contribution in [0.1, 0.15) is 5.56 Å². The van der Waals surface area contributed by atoms with Crippen molar-refractivity contribution in [1.29, 1.82) is 0 Å². The molecule has 4 aromatic rings. The maximum Gasteiger partial charge on any atom is 0.275 e. The van der Waals surface area contributed by atoms with Gasteiger partial charge in [-0.2, -0.15) is 0 Å². The quantitative estimate of drug-likeness (QED) is 0.508. The fraction of sp³-hybridized carbons (Fsp3) is 0.0476. The molecule has 146 valence electrons. The molecule has 0 radical (unpaired) electrons. The van der Waals surface area contributed by atoms with Crippen molar-refractivity contribution in [2.75, 3.05) is 4.72 Å². The average molecular weight is 426 g/mol. The number of nitrogens with one attached hydrogen (secondary N) is 2. The first-order valence-corrected chi connectivity index (χ1v) is 10.6. The van der Waals surface area contributed by atoms with E-state index in [2.05, 4.69) is 14.7 Å². The first-order chi connectivity index (χ1) is 13.8. The summed E-state index contributed by atoms with van der Waals surface area (Å²) in [6.07, 6.45) is 0. The average Bonchev–Trinajstić information content (AvgIpc) is 2.69. The Kier molecular flexibility index (Phi) is 4.86. The van der Waals surface area contributed by atoms with E-state index in [4.69, 9.17) is 11.6 Å². The lowest BCUT2D eigenvalue weighted by molar-refractivity contribution is 0.601. The van der Waals surface area contributed by atoms with E-state index in [1.165, 1.54) is 24.3 Å². The monoisotopic (exact) mass is 425 g/mol. The molecule has 0 bridgehead atoms.